The molecule has 3 amide bonds. The molecule has 1 spiro atoms. The Kier molecular flexibility index (Phi) is 9.52. The third-order valence-corrected chi connectivity index (χ3v) is 13.3. The van der Waals surface area contributed by atoms with Crippen LogP contribution in [0.4, 0.5) is 10.5 Å². The number of aryl methyl sites for hydroxylation is 1. The lowest BCUT2D eigenvalue weighted by molar-refractivity contribution is 0.0131. The molecule has 2 aliphatic heterocycles. The topological polar surface area (TPSA) is 109 Å². The van der Waals surface area contributed by atoms with Crippen LogP contribution in [0, 0.1) is 17.8 Å². The van der Waals surface area contributed by atoms with Gasteiger partial charge in [-0.05, 0) is 111 Å². The van der Waals surface area contributed by atoms with Crippen LogP contribution >= 0.6 is 11.6 Å². The van der Waals surface area contributed by atoms with Crippen LogP contribution < -0.4 is 19.7 Å². The van der Waals surface area contributed by atoms with Crippen LogP contribution in [0.2, 0.25) is 5.02 Å². The van der Waals surface area contributed by atoms with Crippen LogP contribution in [0.1, 0.15) is 79.8 Å². The maximum absolute atomic E-state index is 14.4. The molecule has 2 heterocycles. The van der Waals surface area contributed by atoms with Gasteiger partial charge in [-0.25, -0.2) is 9.00 Å². The van der Waals surface area contributed by atoms with E-state index in [9.17, 15) is 13.8 Å². The van der Waals surface area contributed by atoms with Gasteiger partial charge in [-0.15, -0.1) is 4.36 Å². The standard InChI is InChI=1S/C37H47ClN4O5S/c1-3-24-6-4-8-33(46-2)30-14-9-27(30)20-42-22-37(17-5-7-25-18-28(38)11-15-31(25)37)23-47-34-16-10-26(19-32(34)42)35(43)40-48(45,21-24)41-36(44)39-29-12-13-29/h4,8,10-11,15-16,18-19,24,27,29-30,33H,3,5-7,9,12-14,17,20-23H2,1-2H3,(H2,39,40,41,43,44,45)/b8-4+/t24-,27-,30+,33-,37-,48?/m0/s1. The molecule has 5 aliphatic rings. The van der Waals surface area contributed by atoms with Gasteiger partial charge >= 0.3 is 6.03 Å². The summed E-state index contributed by atoms with van der Waals surface area (Å²) in [6.45, 7) is 4.08. The molecular weight excluding hydrogens is 648 g/mol. The predicted octanol–water partition coefficient (Wildman–Crippen LogP) is 6.83. The van der Waals surface area contributed by atoms with Gasteiger partial charge in [0.15, 0.2) is 0 Å². The molecule has 11 heteroatoms. The fraction of sp³-hybridized carbons (Fsp3) is 0.568. The Morgan fingerprint density at radius 1 is 1.19 bits per heavy atom. The fourth-order valence-corrected chi connectivity index (χ4v) is 10.3. The number of carbonyl (C=O) groups excluding carboxylic acids is 2. The summed E-state index contributed by atoms with van der Waals surface area (Å²) >= 11 is 6.45. The molecule has 2 saturated carbocycles. The van der Waals surface area contributed by atoms with E-state index in [1.54, 1.807) is 13.2 Å². The highest BCUT2D eigenvalue weighted by molar-refractivity contribution is 7.92. The molecule has 2 N–H and O–H groups in total. The van der Waals surface area contributed by atoms with E-state index < -0.39 is 21.9 Å². The molecule has 0 radical (unpaired) electrons. The number of halogens is 1. The number of methoxy groups -OCH3 is 1. The van der Waals surface area contributed by atoms with Gasteiger partial charge in [-0.1, -0.05) is 43.2 Å². The van der Waals surface area contributed by atoms with Crippen molar-refractivity contribution in [3.05, 3.63) is 70.3 Å². The summed E-state index contributed by atoms with van der Waals surface area (Å²) in [5, 5.41) is 3.59. The average Bonchev–Trinajstić information content (AvgIpc) is 3.88. The molecule has 258 valence electrons. The van der Waals surface area contributed by atoms with E-state index in [1.807, 2.05) is 25.1 Å². The van der Waals surface area contributed by atoms with Crippen molar-refractivity contribution < 1.29 is 23.3 Å². The zero-order valence-corrected chi connectivity index (χ0v) is 29.5. The molecule has 2 fully saturated rings. The number of benzene rings is 2. The van der Waals surface area contributed by atoms with Crippen LogP contribution in [0.25, 0.3) is 0 Å². The minimum absolute atomic E-state index is 0.0345. The number of carbonyl (C=O) groups is 2. The minimum atomic E-state index is -3.43. The molecule has 2 bridgehead atoms. The van der Waals surface area contributed by atoms with Gasteiger partial charge in [0.05, 0.1) is 24.2 Å². The van der Waals surface area contributed by atoms with Crippen molar-refractivity contribution in [3.63, 3.8) is 0 Å². The molecule has 7 rings (SSSR count). The first-order valence-corrected chi connectivity index (χ1v) is 19.6. The minimum Gasteiger partial charge on any atom is -0.490 e. The Balaban J connectivity index is 1.30. The van der Waals surface area contributed by atoms with Gasteiger partial charge in [0, 0.05) is 42.2 Å². The number of urea groups is 1. The van der Waals surface area contributed by atoms with E-state index in [2.05, 4.69) is 43.6 Å². The van der Waals surface area contributed by atoms with Gasteiger partial charge in [-0.3, -0.25) is 9.52 Å². The van der Waals surface area contributed by atoms with Gasteiger partial charge in [-0.2, -0.15) is 0 Å². The van der Waals surface area contributed by atoms with Crippen molar-refractivity contribution in [2.24, 2.45) is 22.1 Å². The largest absolute Gasteiger partial charge is 0.490 e. The number of amides is 3. The molecule has 0 saturated heterocycles. The van der Waals surface area contributed by atoms with Crippen LogP contribution in [0.5, 0.6) is 5.75 Å². The fourth-order valence-electron chi connectivity index (χ4n) is 8.13. The van der Waals surface area contributed by atoms with E-state index in [4.69, 9.17) is 21.1 Å². The number of allylic oxidation sites excluding steroid dienone is 1. The zero-order valence-electron chi connectivity index (χ0n) is 27.9. The van der Waals surface area contributed by atoms with Gasteiger partial charge in [0.1, 0.15) is 15.7 Å². The third kappa shape index (κ3) is 6.98. The van der Waals surface area contributed by atoms with Gasteiger partial charge < -0.3 is 19.7 Å². The summed E-state index contributed by atoms with van der Waals surface area (Å²) in [4.78, 5) is 29.1. The van der Waals surface area contributed by atoms with Crippen molar-refractivity contribution in [3.8, 4) is 5.75 Å². The van der Waals surface area contributed by atoms with Crippen molar-refractivity contribution in [1.82, 2.24) is 10.0 Å². The van der Waals surface area contributed by atoms with Crippen molar-refractivity contribution in [1.29, 1.82) is 0 Å². The van der Waals surface area contributed by atoms with E-state index in [0.29, 0.717) is 30.4 Å². The summed E-state index contributed by atoms with van der Waals surface area (Å²) in [6, 6.07) is 11.2. The second-order valence-corrected chi connectivity index (χ2v) is 16.9. The quantitative estimate of drug-likeness (QED) is 0.340. The lowest BCUT2D eigenvalue weighted by Gasteiger charge is -2.46. The number of fused-ring (bicyclic) bond motifs is 4. The summed E-state index contributed by atoms with van der Waals surface area (Å²) in [7, 11) is -1.65. The first-order valence-electron chi connectivity index (χ1n) is 17.5. The number of nitrogens with one attached hydrogen (secondary N) is 2. The second kappa shape index (κ2) is 13.7. The van der Waals surface area contributed by atoms with Gasteiger partial charge in [0.2, 0.25) is 0 Å². The summed E-state index contributed by atoms with van der Waals surface area (Å²) in [6.07, 6.45) is 12.6. The number of hydrogen-bond donors (Lipinski definition) is 2. The smallest absolute Gasteiger partial charge is 0.327 e. The predicted molar refractivity (Wildman–Crippen MR) is 189 cm³/mol. The first-order chi connectivity index (χ1) is 23.2. The van der Waals surface area contributed by atoms with E-state index >= 15 is 0 Å². The third-order valence-electron chi connectivity index (χ3n) is 11.1. The number of nitrogens with zero attached hydrogens (tertiary/aromatic N) is 2. The lowest BCUT2D eigenvalue weighted by atomic mass is 9.68. The van der Waals surface area contributed by atoms with Crippen LogP contribution in [0.15, 0.2) is 52.9 Å². The summed E-state index contributed by atoms with van der Waals surface area (Å²) in [5.41, 5.74) is 3.49. The highest BCUT2D eigenvalue weighted by Crippen LogP contribution is 2.47. The maximum Gasteiger partial charge on any atom is 0.327 e. The normalized spacial score (nSPS) is 32.4. The molecule has 3 aliphatic carbocycles. The monoisotopic (exact) mass is 694 g/mol. The van der Waals surface area contributed by atoms with Gasteiger partial charge in [0.25, 0.3) is 5.91 Å². The number of ether oxygens (including phenoxy) is 2. The molecule has 2 aromatic rings. The second-order valence-electron chi connectivity index (χ2n) is 14.5. The highest BCUT2D eigenvalue weighted by atomic mass is 35.5. The molecule has 2 aromatic carbocycles. The Labute approximate surface area is 289 Å². The molecule has 0 aromatic heterocycles. The molecule has 9 nitrogen and oxygen atoms in total. The van der Waals surface area contributed by atoms with E-state index in [-0.39, 0.29) is 29.2 Å². The Morgan fingerprint density at radius 3 is 2.79 bits per heavy atom. The lowest BCUT2D eigenvalue weighted by Crippen LogP contribution is -2.49. The van der Waals surface area contributed by atoms with Crippen LogP contribution in [-0.4, -0.2) is 60.9 Å². The number of rotatable bonds is 4. The first kappa shape index (κ1) is 33.4. The molecule has 48 heavy (non-hydrogen) atoms. The van der Waals surface area contributed by atoms with Crippen LogP contribution in [0.3, 0.4) is 0 Å². The maximum atomic E-state index is 14.4. The van der Waals surface area contributed by atoms with Crippen molar-refractivity contribution >= 4 is 39.1 Å². The number of anilines is 1. The van der Waals surface area contributed by atoms with Crippen molar-refractivity contribution in [2.45, 2.75) is 82.3 Å². The Morgan fingerprint density at radius 2 is 2.04 bits per heavy atom. The number of hydrogen-bond acceptors (Lipinski definition) is 6. The van der Waals surface area contributed by atoms with Crippen LogP contribution in [-0.2, 0) is 26.5 Å². The average molecular weight is 695 g/mol. The summed E-state index contributed by atoms with van der Waals surface area (Å²) in [5.74, 6) is 0.908. The summed E-state index contributed by atoms with van der Waals surface area (Å²) < 4.78 is 34.0. The van der Waals surface area contributed by atoms with Crippen molar-refractivity contribution in [2.75, 3.05) is 37.5 Å². The Hall–Kier alpha value is -3.08. The SMILES string of the molecule is CC[C@H]1C/C=C/[C@H](OC)[C@@H]2CC[C@H]2CN2C[C@@]3(CCCc4cc(Cl)ccc43)COc3ccc(cc32)C(=O)N=S(=O)(NC(=O)NC2CC2)C1. The Bertz CT molecular complexity index is 1720. The van der Waals surface area contributed by atoms with E-state index in [0.717, 1.165) is 80.9 Å². The zero-order chi connectivity index (χ0) is 33.5. The highest BCUT2D eigenvalue weighted by Gasteiger charge is 2.44. The van der Waals surface area contributed by atoms with E-state index in [1.165, 1.54) is 11.1 Å². The molecular formula is C37H47ClN4O5S. The molecule has 6 atom stereocenters. The molecule has 1 unspecified atom stereocenters.